The van der Waals surface area contributed by atoms with Crippen LogP contribution in [0.4, 0.5) is 5.82 Å². The predicted octanol–water partition coefficient (Wildman–Crippen LogP) is 1.59. The highest BCUT2D eigenvalue weighted by molar-refractivity contribution is 5.42. The minimum absolute atomic E-state index is 0.00348. The van der Waals surface area contributed by atoms with Crippen LogP contribution in [0.25, 0.3) is 0 Å². The van der Waals surface area contributed by atoms with Crippen molar-refractivity contribution in [1.82, 2.24) is 4.98 Å². The molecule has 0 fully saturated rings. The molecule has 1 rings (SSSR count). The standard InChI is InChI=1S/C14H25N3O2/c1-11(10-19-4)17(7-8-18-3)14-9-13(12(2)15)5-6-16-14/h5-6,9,11-12H,7-8,10,15H2,1-4H3. The summed E-state index contributed by atoms with van der Waals surface area (Å²) in [6, 6.07) is 4.22. The molecule has 0 spiro atoms. The zero-order valence-corrected chi connectivity index (χ0v) is 12.3. The number of hydrogen-bond acceptors (Lipinski definition) is 5. The summed E-state index contributed by atoms with van der Waals surface area (Å²) in [4.78, 5) is 6.62. The molecule has 0 aliphatic heterocycles. The Kier molecular flexibility index (Phi) is 6.77. The largest absolute Gasteiger partial charge is 0.383 e. The summed E-state index contributed by atoms with van der Waals surface area (Å²) in [5.41, 5.74) is 7.00. The van der Waals surface area contributed by atoms with Gasteiger partial charge in [0.1, 0.15) is 5.82 Å². The van der Waals surface area contributed by atoms with Gasteiger partial charge in [0.25, 0.3) is 0 Å². The lowest BCUT2D eigenvalue weighted by molar-refractivity contribution is 0.170. The molecule has 5 nitrogen and oxygen atoms in total. The SMILES string of the molecule is COCCN(c1cc(C(C)N)ccn1)C(C)COC. The second-order valence-corrected chi connectivity index (χ2v) is 4.73. The molecule has 2 atom stereocenters. The average Bonchev–Trinajstić information content (AvgIpc) is 2.40. The van der Waals surface area contributed by atoms with Crippen LogP contribution in [0.2, 0.25) is 0 Å². The second-order valence-electron chi connectivity index (χ2n) is 4.73. The Hall–Kier alpha value is -1.17. The number of methoxy groups -OCH3 is 2. The molecule has 0 bridgehead atoms. The molecular formula is C14H25N3O2. The lowest BCUT2D eigenvalue weighted by atomic mass is 10.1. The number of anilines is 1. The molecular weight excluding hydrogens is 242 g/mol. The van der Waals surface area contributed by atoms with E-state index in [4.69, 9.17) is 15.2 Å². The van der Waals surface area contributed by atoms with Crippen LogP contribution in [0.5, 0.6) is 0 Å². The molecule has 1 aromatic rings. The maximum atomic E-state index is 5.92. The topological polar surface area (TPSA) is 60.6 Å². The first-order chi connectivity index (χ1) is 9.10. The van der Waals surface area contributed by atoms with Crippen LogP contribution in [0.1, 0.15) is 25.5 Å². The van der Waals surface area contributed by atoms with Crippen molar-refractivity contribution >= 4 is 5.82 Å². The second kappa shape index (κ2) is 8.09. The number of aromatic nitrogens is 1. The van der Waals surface area contributed by atoms with Crippen molar-refractivity contribution in [3.63, 3.8) is 0 Å². The summed E-state index contributed by atoms with van der Waals surface area (Å²) < 4.78 is 10.4. The van der Waals surface area contributed by atoms with Gasteiger partial charge in [0.15, 0.2) is 0 Å². The Morgan fingerprint density at radius 1 is 1.32 bits per heavy atom. The van der Waals surface area contributed by atoms with Gasteiger partial charge in [0.05, 0.1) is 19.3 Å². The van der Waals surface area contributed by atoms with Crippen LogP contribution in [0, 0.1) is 0 Å². The van der Waals surface area contributed by atoms with Crippen LogP contribution >= 0.6 is 0 Å². The van der Waals surface area contributed by atoms with E-state index in [0.717, 1.165) is 17.9 Å². The maximum Gasteiger partial charge on any atom is 0.129 e. The van der Waals surface area contributed by atoms with E-state index in [0.29, 0.717) is 13.2 Å². The number of ether oxygens (including phenoxy) is 2. The van der Waals surface area contributed by atoms with Gasteiger partial charge >= 0.3 is 0 Å². The molecule has 0 radical (unpaired) electrons. The Bertz CT molecular complexity index is 371. The first-order valence-corrected chi connectivity index (χ1v) is 6.56. The number of nitrogens with zero attached hydrogens (tertiary/aromatic N) is 2. The Labute approximate surface area is 115 Å². The van der Waals surface area contributed by atoms with Crippen molar-refractivity contribution in [3.8, 4) is 0 Å². The highest BCUT2D eigenvalue weighted by Gasteiger charge is 2.16. The van der Waals surface area contributed by atoms with Gasteiger partial charge < -0.3 is 20.1 Å². The van der Waals surface area contributed by atoms with Gasteiger partial charge in [-0.25, -0.2) is 4.98 Å². The fourth-order valence-corrected chi connectivity index (χ4v) is 1.96. The predicted molar refractivity (Wildman–Crippen MR) is 77.4 cm³/mol. The van der Waals surface area contributed by atoms with Crippen molar-refractivity contribution in [3.05, 3.63) is 23.9 Å². The zero-order chi connectivity index (χ0) is 14.3. The van der Waals surface area contributed by atoms with Crippen molar-refractivity contribution in [2.24, 2.45) is 5.73 Å². The number of nitrogens with two attached hydrogens (primary N) is 1. The highest BCUT2D eigenvalue weighted by atomic mass is 16.5. The summed E-state index contributed by atoms with van der Waals surface area (Å²) in [5.74, 6) is 0.913. The molecule has 0 aromatic carbocycles. The van der Waals surface area contributed by atoms with Gasteiger partial charge in [-0.2, -0.15) is 0 Å². The Morgan fingerprint density at radius 2 is 2.05 bits per heavy atom. The lowest BCUT2D eigenvalue weighted by Crippen LogP contribution is -2.39. The van der Waals surface area contributed by atoms with Crippen LogP contribution in [0.15, 0.2) is 18.3 Å². The number of rotatable bonds is 8. The van der Waals surface area contributed by atoms with Crippen molar-refractivity contribution in [2.45, 2.75) is 25.9 Å². The molecule has 0 amide bonds. The molecule has 0 aliphatic rings. The van der Waals surface area contributed by atoms with Gasteiger partial charge in [-0.1, -0.05) is 0 Å². The number of pyridine rings is 1. The van der Waals surface area contributed by atoms with E-state index < -0.39 is 0 Å². The molecule has 1 heterocycles. The van der Waals surface area contributed by atoms with Gasteiger partial charge in [0, 0.05) is 33.0 Å². The van der Waals surface area contributed by atoms with E-state index >= 15 is 0 Å². The van der Waals surface area contributed by atoms with Gasteiger partial charge in [-0.3, -0.25) is 0 Å². The van der Waals surface area contributed by atoms with Crippen LogP contribution in [0.3, 0.4) is 0 Å². The van der Waals surface area contributed by atoms with Gasteiger partial charge in [-0.05, 0) is 31.5 Å². The molecule has 0 saturated heterocycles. The minimum atomic E-state index is 0.00348. The van der Waals surface area contributed by atoms with Crippen LogP contribution in [-0.4, -0.2) is 45.0 Å². The molecule has 1 aromatic heterocycles. The maximum absolute atomic E-state index is 5.92. The van der Waals surface area contributed by atoms with Crippen molar-refractivity contribution in [2.75, 3.05) is 38.9 Å². The third-order valence-electron chi connectivity index (χ3n) is 3.07. The summed E-state index contributed by atoms with van der Waals surface area (Å²) in [6.45, 7) is 6.15. The number of hydrogen-bond donors (Lipinski definition) is 1. The molecule has 0 aliphatic carbocycles. The van der Waals surface area contributed by atoms with Crippen LogP contribution < -0.4 is 10.6 Å². The lowest BCUT2D eigenvalue weighted by Gasteiger charge is -2.30. The van der Waals surface area contributed by atoms with Crippen LogP contribution in [-0.2, 0) is 9.47 Å². The quantitative estimate of drug-likeness (QED) is 0.775. The third kappa shape index (κ3) is 4.78. The van der Waals surface area contributed by atoms with E-state index in [9.17, 15) is 0 Å². The third-order valence-corrected chi connectivity index (χ3v) is 3.07. The van der Waals surface area contributed by atoms with E-state index in [1.807, 2.05) is 19.1 Å². The fourth-order valence-electron chi connectivity index (χ4n) is 1.96. The first-order valence-electron chi connectivity index (χ1n) is 6.56. The van der Waals surface area contributed by atoms with Crippen molar-refractivity contribution in [1.29, 1.82) is 0 Å². The van der Waals surface area contributed by atoms with E-state index in [1.165, 1.54) is 0 Å². The first kappa shape index (κ1) is 15.9. The summed E-state index contributed by atoms with van der Waals surface area (Å²) >= 11 is 0. The monoisotopic (exact) mass is 267 g/mol. The molecule has 19 heavy (non-hydrogen) atoms. The summed E-state index contributed by atoms with van der Waals surface area (Å²) in [7, 11) is 3.40. The van der Waals surface area contributed by atoms with Gasteiger partial charge in [0.2, 0.25) is 0 Å². The summed E-state index contributed by atoms with van der Waals surface area (Å²) in [5, 5.41) is 0. The van der Waals surface area contributed by atoms with E-state index in [1.54, 1.807) is 20.4 Å². The zero-order valence-electron chi connectivity index (χ0n) is 12.3. The fraction of sp³-hybridized carbons (Fsp3) is 0.643. The Balaban J connectivity index is 2.92. The highest BCUT2D eigenvalue weighted by Crippen LogP contribution is 2.18. The molecule has 108 valence electrons. The molecule has 0 saturated carbocycles. The summed E-state index contributed by atoms with van der Waals surface area (Å²) in [6.07, 6.45) is 1.80. The Morgan fingerprint density at radius 3 is 2.63 bits per heavy atom. The molecule has 2 N–H and O–H groups in total. The normalized spacial score (nSPS) is 14.2. The van der Waals surface area contributed by atoms with E-state index in [2.05, 4.69) is 16.8 Å². The van der Waals surface area contributed by atoms with E-state index in [-0.39, 0.29) is 12.1 Å². The smallest absolute Gasteiger partial charge is 0.129 e. The van der Waals surface area contributed by atoms with Crippen molar-refractivity contribution < 1.29 is 9.47 Å². The minimum Gasteiger partial charge on any atom is -0.383 e. The van der Waals surface area contributed by atoms with Gasteiger partial charge in [-0.15, -0.1) is 0 Å². The molecule has 5 heteroatoms. The molecule has 2 unspecified atom stereocenters. The average molecular weight is 267 g/mol.